The second kappa shape index (κ2) is 7.51. The molecule has 0 saturated heterocycles. The zero-order chi connectivity index (χ0) is 12.7. The van der Waals surface area contributed by atoms with Crippen molar-refractivity contribution in [2.75, 3.05) is 13.7 Å². The highest BCUT2D eigenvalue weighted by Gasteiger charge is 2.08. The van der Waals surface area contributed by atoms with Gasteiger partial charge in [-0.2, -0.15) is 0 Å². The van der Waals surface area contributed by atoms with E-state index in [1.165, 1.54) is 18.4 Å². The zero-order valence-corrected chi connectivity index (χ0v) is 11.5. The fourth-order valence-corrected chi connectivity index (χ4v) is 1.85. The molecule has 0 amide bonds. The van der Waals surface area contributed by atoms with E-state index in [9.17, 15) is 0 Å². The fourth-order valence-electron chi connectivity index (χ4n) is 1.85. The van der Waals surface area contributed by atoms with Crippen LogP contribution in [0, 0.1) is 12.8 Å². The van der Waals surface area contributed by atoms with Crippen molar-refractivity contribution >= 4 is 0 Å². The first-order chi connectivity index (χ1) is 8.21. The summed E-state index contributed by atoms with van der Waals surface area (Å²) < 4.78 is 11.4. The van der Waals surface area contributed by atoms with Crippen LogP contribution in [0.1, 0.15) is 43.8 Å². The number of hydrogen-bond donors (Lipinski definition) is 1. The van der Waals surface area contributed by atoms with Crippen molar-refractivity contribution in [3.05, 3.63) is 23.2 Å². The highest BCUT2D eigenvalue weighted by molar-refractivity contribution is 5.19. The van der Waals surface area contributed by atoms with E-state index in [4.69, 9.17) is 9.15 Å². The summed E-state index contributed by atoms with van der Waals surface area (Å²) in [5, 5.41) is 3.10. The van der Waals surface area contributed by atoms with Crippen LogP contribution < -0.4 is 5.32 Å². The summed E-state index contributed by atoms with van der Waals surface area (Å²) in [4.78, 5) is 0. The van der Waals surface area contributed by atoms with Crippen molar-refractivity contribution in [2.24, 2.45) is 5.92 Å². The van der Waals surface area contributed by atoms with E-state index in [1.54, 1.807) is 0 Å². The Morgan fingerprint density at radius 3 is 2.65 bits per heavy atom. The average Bonchev–Trinajstić information content (AvgIpc) is 2.66. The minimum atomic E-state index is 0.584. The topological polar surface area (TPSA) is 34.4 Å². The summed E-state index contributed by atoms with van der Waals surface area (Å²) in [5.41, 5.74) is 1.19. The van der Waals surface area contributed by atoms with Crippen LogP contribution in [-0.4, -0.2) is 13.7 Å². The van der Waals surface area contributed by atoms with Gasteiger partial charge in [0.05, 0.1) is 6.54 Å². The molecule has 1 aromatic rings. The molecular formula is C14H25NO2. The van der Waals surface area contributed by atoms with Gasteiger partial charge in [0.25, 0.3) is 0 Å². The molecule has 0 atom stereocenters. The third-order valence-electron chi connectivity index (χ3n) is 3.16. The van der Waals surface area contributed by atoms with E-state index >= 15 is 0 Å². The minimum Gasteiger partial charge on any atom is -0.462 e. The number of aryl methyl sites for hydroxylation is 1. The molecule has 1 N–H and O–H groups in total. The van der Waals surface area contributed by atoms with Crippen molar-refractivity contribution in [3.63, 3.8) is 0 Å². The van der Waals surface area contributed by atoms with Crippen LogP contribution in [0.3, 0.4) is 0 Å². The Morgan fingerprint density at radius 1 is 1.35 bits per heavy atom. The van der Waals surface area contributed by atoms with E-state index in [-0.39, 0.29) is 0 Å². The third kappa shape index (κ3) is 4.52. The summed E-state index contributed by atoms with van der Waals surface area (Å²) in [7, 11) is 1.92. The smallest absolute Gasteiger partial charge is 0.130 e. The number of ether oxygens (including phenoxy) is 1. The number of nitrogens with one attached hydrogen (secondary N) is 1. The Bertz CT molecular complexity index is 316. The SMILES string of the molecule is CCC(CC)COCc1cc(C)c(CNC)o1. The van der Waals surface area contributed by atoms with Crippen LogP contribution in [-0.2, 0) is 17.9 Å². The molecule has 0 radical (unpaired) electrons. The van der Waals surface area contributed by atoms with Crippen LogP contribution in [0.25, 0.3) is 0 Å². The predicted molar refractivity (Wildman–Crippen MR) is 69.9 cm³/mol. The molecule has 0 fully saturated rings. The molecular weight excluding hydrogens is 214 g/mol. The molecule has 0 aliphatic rings. The standard InChI is InChI=1S/C14H25NO2/c1-5-12(6-2)9-16-10-13-7-11(3)14(17-13)8-15-4/h7,12,15H,5-6,8-10H2,1-4H3. The highest BCUT2D eigenvalue weighted by Crippen LogP contribution is 2.16. The van der Waals surface area contributed by atoms with Crippen molar-refractivity contribution < 1.29 is 9.15 Å². The van der Waals surface area contributed by atoms with E-state index in [0.29, 0.717) is 12.5 Å². The first kappa shape index (κ1) is 14.3. The van der Waals surface area contributed by atoms with Gasteiger partial charge in [0.2, 0.25) is 0 Å². The van der Waals surface area contributed by atoms with Crippen molar-refractivity contribution in [1.82, 2.24) is 5.32 Å². The Morgan fingerprint density at radius 2 is 2.06 bits per heavy atom. The lowest BCUT2D eigenvalue weighted by molar-refractivity contribution is 0.0723. The molecule has 0 aliphatic carbocycles. The molecule has 0 spiro atoms. The Kier molecular flexibility index (Phi) is 6.30. The molecule has 1 rings (SSSR count). The Hall–Kier alpha value is -0.800. The number of furan rings is 1. The van der Waals surface area contributed by atoms with Gasteiger partial charge >= 0.3 is 0 Å². The maximum Gasteiger partial charge on any atom is 0.130 e. The molecule has 1 aromatic heterocycles. The second-order valence-corrected chi connectivity index (χ2v) is 4.55. The van der Waals surface area contributed by atoms with E-state index < -0.39 is 0 Å². The van der Waals surface area contributed by atoms with Crippen LogP contribution >= 0.6 is 0 Å². The summed E-state index contributed by atoms with van der Waals surface area (Å²) in [6.07, 6.45) is 2.36. The quantitative estimate of drug-likeness (QED) is 0.756. The maximum absolute atomic E-state index is 5.72. The molecule has 0 aromatic carbocycles. The number of hydrogen-bond acceptors (Lipinski definition) is 3. The summed E-state index contributed by atoms with van der Waals surface area (Å²) in [6.45, 7) is 8.67. The largest absolute Gasteiger partial charge is 0.462 e. The normalized spacial score (nSPS) is 11.4. The van der Waals surface area contributed by atoms with E-state index in [1.807, 2.05) is 7.05 Å². The lowest BCUT2D eigenvalue weighted by atomic mass is 10.1. The van der Waals surface area contributed by atoms with E-state index in [0.717, 1.165) is 24.7 Å². The third-order valence-corrected chi connectivity index (χ3v) is 3.16. The average molecular weight is 239 g/mol. The first-order valence-corrected chi connectivity index (χ1v) is 6.51. The number of rotatable bonds is 8. The maximum atomic E-state index is 5.72. The molecule has 0 unspecified atom stereocenters. The Balaban J connectivity index is 2.38. The highest BCUT2D eigenvalue weighted by atomic mass is 16.5. The van der Waals surface area contributed by atoms with Gasteiger partial charge in [0, 0.05) is 6.61 Å². The second-order valence-electron chi connectivity index (χ2n) is 4.55. The Labute approximate surface area is 105 Å². The molecule has 17 heavy (non-hydrogen) atoms. The van der Waals surface area contributed by atoms with Gasteiger partial charge in [0.1, 0.15) is 18.1 Å². The van der Waals surface area contributed by atoms with Crippen LogP contribution in [0.4, 0.5) is 0 Å². The summed E-state index contributed by atoms with van der Waals surface area (Å²) in [5.74, 6) is 2.61. The predicted octanol–water partition coefficient (Wildman–Crippen LogP) is 3.26. The van der Waals surface area contributed by atoms with Crippen molar-refractivity contribution in [3.8, 4) is 0 Å². The van der Waals surface area contributed by atoms with Gasteiger partial charge in [-0.1, -0.05) is 26.7 Å². The lowest BCUT2D eigenvalue weighted by Crippen LogP contribution is -2.07. The fraction of sp³-hybridized carbons (Fsp3) is 0.714. The molecule has 1 heterocycles. The molecule has 0 aliphatic heterocycles. The molecule has 0 saturated carbocycles. The van der Waals surface area contributed by atoms with Crippen molar-refractivity contribution in [1.29, 1.82) is 0 Å². The minimum absolute atomic E-state index is 0.584. The summed E-state index contributed by atoms with van der Waals surface area (Å²) >= 11 is 0. The van der Waals surface area contributed by atoms with E-state index in [2.05, 4.69) is 32.2 Å². The molecule has 3 heteroatoms. The van der Waals surface area contributed by atoms with Crippen molar-refractivity contribution in [2.45, 2.75) is 46.8 Å². The van der Waals surface area contributed by atoms with Gasteiger partial charge in [-0.3, -0.25) is 0 Å². The van der Waals surface area contributed by atoms with Crippen LogP contribution in [0.2, 0.25) is 0 Å². The molecule has 98 valence electrons. The van der Waals surface area contributed by atoms with Gasteiger partial charge in [0.15, 0.2) is 0 Å². The molecule has 3 nitrogen and oxygen atoms in total. The lowest BCUT2D eigenvalue weighted by Gasteiger charge is -2.11. The molecule has 0 bridgehead atoms. The monoisotopic (exact) mass is 239 g/mol. The van der Waals surface area contributed by atoms with Gasteiger partial charge in [-0.05, 0) is 31.5 Å². The van der Waals surface area contributed by atoms with Gasteiger partial charge < -0.3 is 14.5 Å². The zero-order valence-electron chi connectivity index (χ0n) is 11.5. The van der Waals surface area contributed by atoms with Crippen LogP contribution in [0.15, 0.2) is 10.5 Å². The summed E-state index contributed by atoms with van der Waals surface area (Å²) in [6, 6.07) is 2.07. The van der Waals surface area contributed by atoms with Gasteiger partial charge in [-0.25, -0.2) is 0 Å². The first-order valence-electron chi connectivity index (χ1n) is 6.51. The van der Waals surface area contributed by atoms with Gasteiger partial charge in [-0.15, -0.1) is 0 Å². The van der Waals surface area contributed by atoms with Crippen LogP contribution in [0.5, 0.6) is 0 Å².